The van der Waals surface area contributed by atoms with E-state index in [9.17, 15) is 15.0 Å². The Hall–Kier alpha value is -2.17. The van der Waals surface area contributed by atoms with E-state index >= 15 is 0 Å². The van der Waals surface area contributed by atoms with Gasteiger partial charge in [-0.25, -0.2) is 4.79 Å². The minimum absolute atomic E-state index is 0.0905. The Kier molecular flexibility index (Phi) is 8.01. The number of hydrogen-bond acceptors (Lipinski definition) is 4. The molecular formula is C23H30O4. The second kappa shape index (κ2) is 10.2. The lowest BCUT2D eigenvalue weighted by Crippen LogP contribution is -2.06. The number of carbonyl (C=O) groups is 1. The van der Waals surface area contributed by atoms with Gasteiger partial charge >= 0.3 is 5.97 Å². The van der Waals surface area contributed by atoms with Gasteiger partial charge in [-0.3, -0.25) is 0 Å². The number of ether oxygens (including phenoxy) is 1. The van der Waals surface area contributed by atoms with Gasteiger partial charge in [-0.05, 0) is 69.7 Å². The highest BCUT2D eigenvalue weighted by Crippen LogP contribution is 2.32. The predicted molar refractivity (Wildman–Crippen MR) is 107 cm³/mol. The number of aliphatic hydroxyl groups is 2. The van der Waals surface area contributed by atoms with Gasteiger partial charge in [0.1, 0.15) is 6.10 Å². The summed E-state index contributed by atoms with van der Waals surface area (Å²) in [5.41, 5.74) is 5.51. The summed E-state index contributed by atoms with van der Waals surface area (Å²) in [5, 5.41) is 18.9. The van der Waals surface area contributed by atoms with Crippen molar-refractivity contribution in [2.24, 2.45) is 0 Å². The highest BCUT2D eigenvalue weighted by atomic mass is 16.5. The average Bonchev–Trinajstić information content (AvgIpc) is 3.01. The van der Waals surface area contributed by atoms with E-state index in [4.69, 9.17) is 4.74 Å². The number of rotatable bonds is 9. The molecule has 0 saturated carbocycles. The average molecular weight is 370 g/mol. The SMILES string of the molecule is CC(C)=CCC/C(C)=C/CCC1=C[C@@H](c2cc(CO)ccc2CO)OC1=O. The highest BCUT2D eigenvalue weighted by Gasteiger charge is 2.27. The lowest BCUT2D eigenvalue weighted by molar-refractivity contribution is -0.140. The molecular weight excluding hydrogens is 340 g/mol. The molecule has 0 fully saturated rings. The predicted octanol–water partition coefficient (Wildman–Crippen LogP) is 4.67. The Morgan fingerprint density at radius 1 is 1.11 bits per heavy atom. The minimum atomic E-state index is -0.496. The Labute approximate surface area is 161 Å². The summed E-state index contributed by atoms with van der Waals surface area (Å²) < 4.78 is 5.50. The zero-order valence-corrected chi connectivity index (χ0v) is 16.5. The van der Waals surface area contributed by atoms with Crippen molar-refractivity contribution >= 4 is 5.97 Å². The van der Waals surface area contributed by atoms with Crippen LogP contribution in [0.3, 0.4) is 0 Å². The minimum Gasteiger partial charge on any atom is -0.450 e. The van der Waals surface area contributed by atoms with Crippen LogP contribution in [0.4, 0.5) is 0 Å². The lowest BCUT2D eigenvalue weighted by Gasteiger charge is -2.14. The van der Waals surface area contributed by atoms with Crippen LogP contribution < -0.4 is 0 Å². The summed E-state index contributed by atoms with van der Waals surface area (Å²) in [5.74, 6) is -0.297. The molecule has 1 aromatic rings. The molecule has 1 aromatic carbocycles. The summed E-state index contributed by atoms with van der Waals surface area (Å²) in [6.07, 6.45) is 9.28. The monoisotopic (exact) mass is 370 g/mol. The number of cyclic esters (lactones) is 1. The first-order valence-electron chi connectivity index (χ1n) is 9.48. The van der Waals surface area contributed by atoms with E-state index in [-0.39, 0.29) is 19.2 Å². The van der Waals surface area contributed by atoms with Crippen LogP contribution in [0.5, 0.6) is 0 Å². The topological polar surface area (TPSA) is 66.8 Å². The first kappa shape index (κ1) is 21.1. The molecule has 1 aliphatic heterocycles. The summed E-state index contributed by atoms with van der Waals surface area (Å²) in [6, 6.07) is 5.31. The second-order valence-corrected chi connectivity index (χ2v) is 7.28. The molecule has 1 aliphatic rings. The van der Waals surface area contributed by atoms with Gasteiger partial charge < -0.3 is 14.9 Å². The van der Waals surface area contributed by atoms with Crippen LogP contribution in [-0.4, -0.2) is 16.2 Å². The third-order valence-electron chi connectivity index (χ3n) is 4.72. The van der Waals surface area contributed by atoms with Gasteiger partial charge in [-0.2, -0.15) is 0 Å². The number of hydrogen-bond donors (Lipinski definition) is 2. The van der Waals surface area contributed by atoms with Crippen molar-refractivity contribution in [2.75, 3.05) is 0 Å². The molecule has 1 heterocycles. The van der Waals surface area contributed by atoms with Crippen LogP contribution in [0, 0.1) is 0 Å². The molecule has 27 heavy (non-hydrogen) atoms. The molecule has 1 atom stereocenters. The molecule has 146 valence electrons. The molecule has 4 nitrogen and oxygen atoms in total. The largest absolute Gasteiger partial charge is 0.450 e. The van der Waals surface area contributed by atoms with Gasteiger partial charge in [0.2, 0.25) is 0 Å². The third-order valence-corrected chi connectivity index (χ3v) is 4.72. The fraction of sp³-hybridized carbons (Fsp3) is 0.435. The first-order valence-corrected chi connectivity index (χ1v) is 9.48. The standard InChI is InChI=1S/C23H30O4/c1-16(2)6-4-7-17(3)8-5-9-19-13-22(27-23(19)26)21-12-18(14-24)10-11-20(21)15-25/h6,8,10-13,22,24-25H,4-5,7,9,14-15H2,1-3H3/b17-8+/t22-/m0/s1. The molecule has 0 spiro atoms. The van der Waals surface area contributed by atoms with Crippen LogP contribution in [0.1, 0.15) is 69.2 Å². The van der Waals surface area contributed by atoms with Gasteiger partial charge in [0.05, 0.1) is 13.2 Å². The molecule has 0 aliphatic carbocycles. The van der Waals surface area contributed by atoms with E-state index in [2.05, 4.69) is 32.9 Å². The number of allylic oxidation sites excluding steroid dienone is 4. The lowest BCUT2D eigenvalue weighted by atomic mass is 9.98. The van der Waals surface area contributed by atoms with Crippen molar-refractivity contribution in [3.05, 3.63) is 69.8 Å². The fourth-order valence-corrected chi connectivity index (χ4v) is 3.13. The molecule has 0 bridgehead atoms. The number of benzene rings is 1. The van der Waals surface area contributed by atoms with E-state index < -0.39 is 6.10 Å². The molecule has 2 rings (SSSR count). The maximum absolute atomic E-state index is 12.2. The van der Waals surface area contributed by atoms with Gasteiger partial charge in [0, 0.05) is 11.1 Å². The number of aliphatic hydroxyl groups excluding tert-OH is 2. The molecule has 0 aromatic heterocycles. The van der Waals surface area contributed by atoms with Crippen LogP contribution in [0.15, 0.2) is 53.1 Å². The van der Waals surface area contributed by atoms with Gasteiger partial charge in [-0.15, -0.1) is 0 Å². The Morgan fingerprint density at radius 3 is 2.56 bits per heavy atom. The van der Waals surface area contributed by atoms with Gasteiger partial charge in [-0.1, -0.05) is 35.4 Å². The van der Waals surface area contributed by atoms with Crippen molar-refractivity contribution in [3.8, 4) is 0 Å². The van der Waals surface area contributed by atoms with Crippen LogP contribution in [0.25, 0.3) is 0 Å². The van der Waals surface area contributed by atoms with E-state index in [1.807, 2.05) is 6.08 Å². The van der Waals surface area contributed by atoms with E-state index in [0.29, 0.717) is 17.6 Å². The normalized spacial score (nSPS) is 16.9. The van der Waals surface area contributed by atoms with Crippen LogP contribution >= 0.6 is 0 Å². The van der Waals surface area contributed by atoms with Gasteiger partial charge in [0.25, 0.3) is 0 Å². The smallest absolute Gasteiger partial charge is 0.334 e. The number of carbonyl (C=O) groups excluding carboxylic acids is 1. The molecule has 0 unspecified atom stereocenters. The maximum Gasteiger partial charge on any atom is 0.334 e. The van der Waals surface area contributed by atoms with Crippen LogP contribution in [-0.2, 0) is 22.7 Å². The Balaban J connectivity index is 2.01. The maximum atomic E-state index is 12.2. The zero-order chi connectivity index (χ0) is 19.8. The number of esters is 1. The summed E-state index contributed by atoms with van der Waals surface area (Å²) in [7, 11) is 0. The summed E-state index contributed by atoms with van der Waals surface area (Å²) in [6.45, 7) is 6.10. The van der Waals surface area contributed by atoms with E-state index in [1.165, 1.54) is 11.1 Å². The molecule has 0 amide bonds. The van der Waals surface area contributed by atoms with E-state index in [1.54, 1.807) is 18.2 Å². The van der Waals surface area contributed by atoms with Gasteiger partial charge in [0.15, 0.2) is 0 Å². The van der Waals surface area contributed by atoms with E-state index in [0.717, 1.165) is 30.4 Å². The zero-order valence-electron chi connectivity index (χ0n) is 16.5. The van der Waals surface area contributed by atoms with Crippen molar-refractivity contribution in [3.63, 3.8) is 0 Å². The Bertz CT molecular complexity index is 752. The molecule has 0 saturated heterocycles. The van der Waals surface area contributed by atoms with Crippen molar-refractivity contribution in [2.45, 2.75) is 65.8 Å². The Morgan fingerprint density at radius 2 is 1.89 bits per heavy atom. The second-order valence-electron chi connectivity index (χ2n) is 7.28. The first-order chi connectivity index (χ1) is 12.9. The highest BCUT2D eigenvalue weighted by molar-refractivity contribution is 5.91. The quantitative estimate of drug-likeness (QED) is 0.490. The summed E-state index contributed by atoms with van der Waals surface area (Å²) in [4.78, 5) is 12.2. The molecule has 2 N–H and O–H groups in total. The van der Waals surface area contributed by atoms with Crippen molar-refractivity contribution < 1.29 is 19.7 Å². The summed E-state index contributed by atoms with van der Waals surface area (Å²) >= 11 is 0. The molecule has 0 radical (unpaired) electrons. The van der Waals surface area contributed by atoms with Crippen LogP contribution in [0.2, 0.25) is 0 Å². The fourth-order valence-electron chi connectivity index (χ4n) is 3.13. The van der Waals surface area contributed by atoms with Crippen molar-refractivity contribution in [1.29, 1.82) is 0 Å². The third kappa shape index (κ3) is 6.19. The molecule has 4 heteroatoms. The van der Waals surface area contributed by atoms with Crippen molar-refractivity contribution in [1.82, 2.24) is 0 Å².